The van der Waals surface area contributed by atoms with Crippen LogP contribution in [-0.4, -0.2) is 25.5 Å². The third kappa shape index (κ3) is 2.25. The second-order valence-electron chi connectivity index (χ2n) is 4.10. The number of benzene rings is 1. The molecule has 2 aromatic heterocycles. The van der Waals surface area contributed by atoms with Gasteiger partial charge in [0, 0.05) is 5.75 Å². The molecule has 0 aliphatic heterocycles. The van der Waals surface area contributed by atoms with Gasteiger partial charge in [0.1, 0.15) is 5.39 Å². The number of fused-ring (bicyclic) bond motifs is 1. The first kappa shape index (κ1) is 12.7. The van der Waals surface area contributed by atoms with Crippen LogP contribution < -0.4 is 5.56 Å². The van der Waals surface area contributed by atoms with Gasteiger partial charge >= 0.3 is 0 Å². The summed E-state index contributed by atoms with van der Waals surface area (Å²) in [7, 11) is 0. The Kier molecular flexibility index (Phi) is 3.39. The van der Waals surface area contributed by atoms with Crippen LogP contribution in [0, 0.1) is 0 Å². The molecule has 3 aromatic rings. The Hall–Kier alpha value is -2.34. The number of rotatable bonds is 4. The summed E-state index contributed by atoms with van der Waals surface area (Å²) < 4.78 is 1.67. The average Bonchev–Trinajstić information content (AvgIpc) is 2.90. The number of nitrogens with zero attached hydrogens (tertiary/aromatic N) is 3. The van der Waals surface area contributed by atoms with Crippen LogP contribution in [0.5, 0.6) is 0 Å². The average molecular weight is 284 g/mol. The molecule has 2 heterocycles. The van der Waals surface area contributed by atoms with Crippen molar-refractivity contribution in [3.8, 4) is 5.69 Å². The summed E-state index contributed by atoms with van der Waals surface area (Å²) in [6.07, 6.45) is 3.31. The number of aromatic amines is 1. The molecule has 6 heteroatoms. The van der Waals surface area contributed by atoms with Gasteiger partial charge in [-0.05, 0) is 12.1 Å². The Morgan fingerprint density at radius 1 is 1.35 bits per heavy atom. The minimum Gasteiger partial charge on any atom is -0.301 e. The first-order valence-corrected chi connectivity index (χ1v) is 7.05. The molecule has 0 saturated carbocycles. The van der Waals surface area contributed by atoms with E-state index >= 15 is 0 Å². The molecule has 5 nitrogen and oxygen atoms in total. The Morgan fingerprint density at radius 3 is 2.90 bits per heavy atom. The summed E-state index contributed by atoms with van der Waals surface area (Å²) in [5, 5.41) is 5.31. The summed E-state index contributed by atoms with van der Waals surface area (Å²) >= 11 is 1.43. The topological polar surface area (TPSA) is 63.6 Å². The summed E-state index contributed by atoms with van der Waals surface area (Å²) in [4.78, 5) is 19.2. The van der Waals surface area contributed by atoms with E-state index < -0.39 is 0 Å². The molecule has 0 amide bonds. The third-order valence-corrected chi connectivity index (χ3v) is 3.62. The zero-order valence-electron chi connectivity index (χ0n) is 10.6. The molecular weight excluding hydrogens is 272 g/mol. The molecule has 0 fully saturated rings. The number of hydrogen-bond acceptors (Lipinski definition) is 4. The van der Waals surface area contributed by atoms with Crippen LogP contribution in [0.3, 0.4) is 0 Å². The smallest absolute Gasteiger partial charge is 0.262 e. The van der Waals surface area contributed by atoms with Gasteiger partial charge in [-0.2, -0.15) is 5.10 Å². The molecule has 3 rings (SSSR count). The van der Waals surface area contributed by atoms with Gasteiger partial charge in [0.2, 0.25) is 0 Å². The van der Waals surface area contributed by atoms with Gasteiger partial charge in [0.15, 0.2) is 10.8 Å². The largest absolute Gasteiger partial charge is 0.301 e. The molecule has 100 valence electrons. The van der Waals surface area contributed by atoms with Crippen LogP contribution in [0.25, 0.3) is 16.7 Å². The quantitative estimate of drug-likeness (QED) is 0.454. The van der Waals surface area contributed by atoms with Gasteiger partial charge in [-0.1, -0.05) is 36.0 Å². The molecular formula is C14H12N4OS. The van der Waals surface area contributed by atoms with Crippen LogP contribution >= 0.6 is 11.8 Å². The van der Waals surface area contributed by atoms with Crippen molar-refractivity contribution >= 4 is 22.8 Å². The van der Waals surface area contributed by atoms with E-state index in [1.165, 1.54) is 18.0 Å². The van der Waals surface area contributed by atoms with E-state index in [1.807, 2.05) is 30.3 Å². The standard InChI is InChI=1S/C14H12N4OS/c1-2-8-20-14-16-12-11(13(19)17-14)9-15-18(12)10-6-4-3-5-7-10/h2-7,9H,1,8H2,(H,16,17,19). The Morgan fingerprint density at radius 2 is 2.15 bits per heavy atom. The lowest BCUT2D eigenvalue weighted by Crippen LogP contribution is -2.09. The fourth-order valence-corrected chi connectivity index (χ4v) is 2.45. The monoisotopic (exact) mass is 284 g/mol. The Balaban J connectivity index is 2.17. The summed E-state index contributed by atoms with van der Waals surface area (Å²) in [6.45, 7) is 3.66. The highest BCUT2D eigenvalue weighted by Gasteiger charge is 2.11. The summed E-state index contributed by atoms with van der Waals surface area (Å²) in [5.74, 6) is 0.688. The zero-order chi connectivity index (χ0) is 13.9. The van der Waals surface area contributed by atoms with E-state index in [-0.39, 0.29) is 5.56 Å². The molecule has 1 aromatic carbocycles. The minimum atomic E-state index is -0.177. The summed E-state index contributed by atoms with van der Waals surface area (Å²) in [5.41, 5.74) is 1.26. The highest BCUT2D eigenvalue weighted by Crippen LogP contribution is 2.17. The molecule has 0 radical (unpaired) electrons. The molecule has 20 heavy (non-hydrogen) atoms. The molecule has 0 spiro atoms. The fourth-order valence-electron chi connectivity index (χ4n) is 1.86. The number of thioether (sulfide) groups is 1. The lowest BCUT2D eigenvalue weighted by atomic mass is 10.3. The maximum atomic E-state index is 12.0. The van der Waals surface area contributed by atoms with E-state index in [1.54, 1.807) is 10.8 Å². The molecule has 0 unspecified atom stereocenters. The number of hydrogen-bond donors (Lipinski definition) is 1. The second kappa shape index (κ2) is 5.34. The Bertz CT molecular complexity index is 807. The minimum absolute atomic E-state index is 0.177. The van der Waals surface area contributed by atoms with Gasteiger partial charge in [-0.25, -0.2) is 9.67 Å². The van der Waals surface area contributed by atoms with E-state index in [9.17, 15) is 4.79 Å². The van der Waals surface area contributed by atoms with Crippen molar-refractivity contribution in [2.45, 2.75) is 5.16 Å². The first-order valence-electron chi connectivity index (χ1n) is 6.07. The number of nitrogens with one attached hydrogen (secondary N) is 1. The molecule has 0 bridgehead atoms. The first-order chi connectivity index (χ1) is 9.79. The lowest BCUT2D eigenvalue weighted by molar-refractivity contribution is 0.873. The van der Waals surface area contributed by atoms with Crippen molar-refractivity contribution in [1.82, 2.24) is 19.7 Å². The van der Waals surface area contributed by atoms with E-state index in [2.05, 4.69) is 21.6 Å². The highest BCUT2D eigenvalue weighted by molar-refractivity contribution is 7.99. The van der Waals surface area contributed by atoms with Crippen molar-refractivity contribution in [3.63, 3.8) is 0 Å². The SMILES string of the molecule is C=CCSc1nc2c(cnn2-c2ccccc2)c(=O)[nH]1. The van der Waals surface area contributed by atoms with Gasteiger partial charge in [-0.15, -0.1) is 6.58 Å². The van der Waals surface area contributed by atoms with Crippen molar-refractivity contribution in [2.24, 2.45) is 0 Å². The van der Waals surface area contributed by atoms with Crippen LogP contribution in [0.15, 0.2) is 59.1 Å². The van der Waals surface area contributed by atoms with Crippen molar-refractivity contribution in [1.29, 1.82) is 0 Å². The lowest BCUT2D eigenvalue weighted by Gasteiger charge is -2.03. The predicted octanol–water partition coefficient (Wildman–Crippen LogP) is 2.39. The molecule has 1 N–H and O–H groups in total. The van der Waals surface area contributed by atoms with E-state index in [0.717, 1.165) is 5.69 Å². The zero-order valence-corrected chi connectivity index (χ0v) is 11.4. The molecule has 0 atom stereocenters. The number of para-hydroxylation sites is 1. The highest BCUT2D eigenvalue weighted by atomic mass is 32.2. The van der Waals surface area contributed by atoms with Crippen molar-refractivity contribution in [2.75, 3.05) is 5.75 Å². The predicted molar refractivity (Wildman–Crippen MR) is 80.4 cm³/mol. The fraction of sp³-hybridized carbons (Fsp3) is 0.0714. The molecule has 0 aliphatic carbocycles. The van der Waals surface area contributed by atoms with Gasteiger partial charge < -0.3 is 4.98 Å². The van der Waals surface area contributed by atoms with Crippen LogP contribution in [0.1, 0.15) is 0 Å². The normalized spacial score (nSPS) is 10.8. The summed E-state index contributed by atoms with van der Waals surface area (Å²) in [6, 6.07) is 9.62. The third-order valence-electron chi connectivity index (χ3n) is 2.76. The Labute approximate surface area is 119 Å². The van der Waals surface area contributed by atoms with E-state index in [4.69, 9.17) is 0 Å². The van der Waals surface area contributed by atoms with Crippen LogP contribution in [0.2, 0.25) is 0 Å². The van der Waals surface area contributed by atoms with Crippen LogP contribution in [-0.2, 0) is 0 Å². The molecule has 0 aliphatic rings. The van der Waals surface area contributed by atoms with E-state index in [0.29, 0.717) is 21.9 Å². The maximum absolute atomic E-state index is 12.0. The maximum Gasteiger partial charge on any atom is 0.262 e. The van der Waals surface area contributed by atoms with Crippen molar-refractivity contribution < 1.29 is 0 Å². The molecule has 0 saturated heterocycles. The number of H-pyrrole nitrogens is 1. The van der Waals surface area contributed by atoms with Crippen molar-refractivity contribution in [3.05, 3.63) is 59.5 Å². The van der Waals surface area contributed by atoms with Gasteiger partial charge in [0.25, 0.3) is 5.56 Å². The second-order valence-corrected chi connectivity index (χ2v) is 5.11. The van der Waals surface area contributed by atoms with Gasteiger partial charge in [-0.3, -0.25) is 4.79 Å². The van der Waals surface area contributed by atoms with Crippen LogP contribution in [0.4, 0.5) is 0 Å². The number of aromatic nitrogens is 4. The van der Waals surface area contributed by atoms with Gasteiger partial charge in [0.05, 0.1) is 11.9 Å².